The van der Waals surface area contributed by atoms with Crippen LogP contribution in [0.5, 0.6) is 0 Å². The van der Waals surface area contributed by atoms with E-state index in [9.17, 15) is 0 Å². The normalized spacial score (nSPS) is 11.3. The zero-order valence-corrected chi connectivity index (χ0v) is 14.4. The van der Waals surface area contributed by atoms with Crippen LogP contribution in [0.25, 0.3) is 11.1 Å². The molecule has 0 radical (unpaired) electrons. The minimum absolute atomic E-state index is 0. The Hall–Kier alpha value is 0.120. The van der Waals surface area contributed by atoms with Crippen molar-refractivity contribution in [3.8, 4) is 11.1 Å². The van der Waals surface area contributed by atoms with Gasteiger partial charge in [-0.15, -0.1) is 0 Å². The first-order valence-electron chi connectivity index (χ1n) is 5.77. The Morgan fingerprint density at radius 1 is 0.737 bits per heavy atom. The Morgan fingerprint density at radius 3 is 1.47 bits per heavy atom. The predicted octanol–water partition coefficient (Wildman–Crippen LogP) is -2.97. The van der Waals surface area contributed by atoms with Gasteiger partial charge in [0.25, 0.3) is 0 Å². The number of hydrogen-bond donors (Lipinski definition) is 0. The van der Waals surface area contributed by atoms with Crippen LogP contribution in [0.15, 0.2) is 48.5 Å². The molecule has 19 heavy (non-hydrogen) atoms. The minimum Gasteiger partial charge on any atom is -1.00 e. The second-order valence-electron chi connectivity index (χ2n) is 4.68. The summed E-state index contributed by atoms with van der Waals surface area (Å²) in [4.78, 5) is 0. The van der Waals surface area contributed by atoms with Gasteiger partial charge >= 0.3 is 105 Å². The maximum Gasteiger partial charge on any atom is -0.0149 e. The molecular weight excluding hydrogens is 370 g/mol. The Labute approximate surface area is 140 Å². The van der Waals surface area contributed by atoms with E-state index in [1.165, 1.54) is 11.1 Å². The van der Waals surface area contributed by atoms with Gasteiger partial charge in [-0.1, -0.05) is 0 Å². The van der Waals surface area contributed by atoms with Crippen molar-refractivity contribution in [1.82, 2.24) is 0 Å². The van der Waals surface area contributed by atoms with Gasteiger partial charge in [-0.2, -0.15) is 0 Å². The van der Waals surface area contributed by atoms with Crippen LogP contribution in [0.4, 0.5) is 0 Å². The van der Waals surface area contributed by atoms with Crippen molar-refractivity contribution in [1.29, 1.82) is 0 Å². The van der Waals surface area contributed by atoms with Crippen molar-refractivity contribution < 1.29 is 46.6 Å². The van der Waals surface area contributed by atoms with E-state index < -0.39 is 21.8 Å². The van der Waals surface area contributed by atoms with E-state index in [0.717, 1.165) is 3.63 Å². The SMILES string of the molecule is [CH3][Zr+2]([CH3])[CH]1c2ccccc2-c2ccccc21.[Cl-].[Cl-].[SiH4]. The Kier molecular flexibility index (Phi) is 7.83. The van der Waals surface area contributed by atoms with Crippen molar-refractivity contribution in [3.63, 3.8) is 0 Å². The van der Waals surface area contributed by atoms with Gasteiger partial charge in [0.1, 0.15) is 0 Å². The minimum atomic E-state index is -1.26. The molecule has 0 nitrogen and oxygen atoms in total. The van der Waals surface area contributed by atoms with Gasteiger partial charge in [-0.3, -0.25) is 0 Å². The Balaban J connectivity index is 0.00000108. The van der Waals surface area contributed by atoms with Gasteiger partial charge in [0, 0.05) is 0 Å². The third-order valence-electron chi connectivity index (χ3n) is 3.41. The number of fused-ring (bicyclic) bond motifs is 3. The summed E-state index contributed by atoms with van der Waals surface area (Å²) in [6.45, 7) is 0. The number of hydrogen-bond acceptors (Lipinski definition) is 0. The summed E-state index contributed by atoms with van der Waals surface area (Å²) in [5, 5.41) is 0. The summed E-state index contributed by atoms with van der Waals surface area (Å²) in [5.74, 6) is 0. The zero-order valence-electron chi connectivity index (χ0n) is 10.5. The fourth-order valence-corrected chi connectivity index (χ4v) is 7.07. The van der Waals surface area contributed by atoms with E-state index in [2.05, 4.69) is 57.8 Å². The molecule has 1 aliphatic rings. The predicted molar refractivity (Wildman–Crippen MR) is 76.8 cm³/mol. The zero-order chi connectivity index (χ0) is 11.1. The van der Waals surface area contributed by atoms with Crippen molar-refractivity contribution in [3.05, 3.63) is 59.7 Å². The second-order valence-corrected chi connectivity index (χ2v) is 11.4. The Morgan fingerprint density at radius 2 is 1.11 bits per heavy atom. The van der Waals surface area contributed by atoms with Gasteiger partial charge in [-0.05, 0) is 11.0 Å². The molecule has 2 aromatic rings. The van der Waals surface area contributed by atoms with Gasteiger partial charge in [0.15, 0.2) is 0 Å². The standard InChI is InChI=1S/C13H9.2CH3.2ClH.H4Si.Zr/c1-3-7-12-10(5-1)9-11-6-2-4-8-13(11)12;;;;;;/h1-9H;2*1H3;2*1H;1H4;/q;;;;;;+2/p-2. The first-order valence-corrected chi connectivity index (χ1v) is 12.1. The average molecular weight is 390 g/mol. The summed E-state index contributed by atoms with van der Waals surface area (Å²) in [7, 11) is 0. The van der Waals surface area contributed by atoms with Gasteiger partial charge in [0.05, 0.1) is 0 Å². The molecule has 4 heteroatoms. The van der Waals surface area contributed by atoms with Crippen LogP contribution in [0.3, 0.4) is 0 Å². The first-order chi connectivity index (χ1) is 7.79. The van der Waals surface area contributed by atoms with E-state index >= 15 is 0 Å². The first kappa shape index (κ1) is 19.1. The number of rotatable bonds is 1. The molecule has 0 aromatic heterocycles. The van der Waals surface area contributed by atoms with Crippen LogP contribution in [-0.2, 0) is 21.8 Å². The average Bonchev–Trinajstić information content (AvgIpc) is 2.63. The van der Waals surface area contributed by atoms with Crippen LogP contribution in [0.2, 0.25) is 9.26 Å². The Bertz CT molecular complexity index is 498. The maximum atomic E-state index is 2.51. The quantitative estimate of drug-likeness (QED) is 0.457. The van der Waals surface area contributed by atoms with Crippen LogP contribution in [0, 0.1) is 0 Å². The fraction of sp³-hybridized carbons (Fsp3) is 0.200. The molecule has 0 spiro atoms. The molecule has 1 aliphatic carbocycles. The summed E-state index contributed by atoms with van der Waals surface area (Å²) >= 11 is -1.26. The summed E-state index contributed by atoms with van der Waals surface area (Å²) in [6, 6.07) is 17.9. The van der Waals surface area contributed by atoms with Crippen molar-refractivity contribution in [2.75, 3.05) is 0 Å². The molecule has 3 rings (SSSR count). The van der Waals surface area contributed by atoms with Crippen LogP contribution >= 0.6 is 0 Å². The topological polar surface area (TPSA) is 0 Å². The molecule has 101 valence electrons. The molecule has 2 aromatic carbocycles. The molecule has 0 aliphatic heterocycles. The van der Waals surface area contributed by atoms with Crippen LogP contribution < -0.4 is 24.8 Å². The molecule has 0 unspecified atom stereocenters. The van der Waals surface area contributed by atoms with E-state index in [1.807, 2.05) is 0 Å². The molecule has 0 saturated carbocycles. The molecule has 0 atom stereocenters. The monoisotopic (exact) mass is 387 g/mol. The smallest absolute Gasteiger partial charge is 0.0149 e. The van der Waals surface area contributed by atoms with E-state index in [0.29, 0.717) is 0 Å². The van der Waals surface area contributed by atoms with Crippen molar-refractivity contribution >= 4 is 11.0 Å². The van der Waals surface area contributed by atoms with Gasteiger partial charge in [-0.25, -0.2) is 0 Å². The summed E-state index contributed by atoms with van der Waals surface area (Å²) in [5.41, 5.74) is 6.13. The van der Waals surface area contributed by atoms with Crippen LogP contribution in [-0.4, -0.2) is 11.0 Å². The van der Waals surface area contributed by atoms with Crippen LogP contribution in [0.1, 0.15) is 14.8 Å². The van der Waals surface area contributed by atoms with E-state index in [1.54, 1.807) is 11.1 Å². The number of benzene rings is 2. The molecule has 0 N–H and O–H groups in total. The largest absolute Gasteiger partial charge is 1.00 e. The fourth-order valence-electron chi connectivity index (χ4n) is 2.78. The van der Waals surface area contributed by atoms with Gasteiger partial charge in [0.2, 0.25) is 0 Å². The van der Waals surface area contributed by atoms with E-state index in [-0.39, 0.29) is 35.8 Å². The molecular formula is C15H19Cl2SiZr. The summed E-state index contributed by atoms with van der Waals surface area (Å²) in [6.07, 6.45) is 0. The summed E-state index contributed by atoms with van der Waals surface area (Å²) < 4.78 is 5.78. The van der Waals surface area contributed by atoms with Crippen molar-refractivity contribution in [2.45, 2.75) is 12.9 Å². The third-order valence-corrected chi connectivity index (χ3v) is 7.78. The van der Waals surface area contributed by atoms with Gasteiger partial charge < -0.3 is 24.8 Å². The second kappa shape index (κ2) is 7.78. The molecule has 0 bridgehead atoms. The molecule has 0 saturated heterocycles. The number of halogens is 2. The van der Waals surface area contributed by atoms with E-state index in [4.69, 9.17) is 0 Å². The maximum absolute atomic E-state index is 2.51. The molecule has 0 heterocycles. The van der Waals surface area contributed by atoms with Crippen molar-refractivity contribution in [2.24, 2.45) is 0 Å². The third kappa shape index (κ3) is 3.24. The molecule has 0 fully saturated rings. The molecule has 0 amide bonds.